The average Bonchev–Trinajstić information content (AvgIpc) is 2.60. The lowest BCUT2D eigenvalue weighted by Gasteiger charge is -2.34. The molecule has 2 heteroatoms. The van der Waals surface area contributed by atoms with Crippen LogP contribution < -0.4 is 0 Å². The van der Waals surface area contributed by atoms with Gasteiger partial charge in [-0.1, -0.05) is 35.9 Å². The van der Waals surface area contributed by atoms with Crippen molar-refractivity contribution in [3.8, 4) is 0 Å². The Morgan fingerprint density at radius 3 is 2.48 bits per heavy atom. The van der Waals surface area contributed by atoms with Crippen LogP contribution in [0.2, 0.25) is 5.02 Å². The lowest BCUT2D eigenvalue weighted by molar-refractivity contribution is 0.212. The van der Waals surface area contributed by atoms with E-state index < -0.39 is 0 Å². The van der Waals surface area contributed by atoms with Crippen LogP contribution in [-0.4, -0.2) is 0 Å². The quantitative estimate of drug-likeness (QED) is 0.524. The van der Waals surface area contributed by atoms with Gasteiger partial charge in [-0.15, -0.1) is 6.58 Å². The van der Waals surface area contributed by atoms with Crippen molar-refractivity contribution in [1.82, 2.24) is 0 Å². The summed E-state index contributed by atoms with van der Waals surface area (Å²) in [6.07, 6.45) is 12.9. The van der Waals surface area contributed by atoms with Crippen LogP contribution in [0.15, 0.2) is 30.9 Å². The molecule has 1 atom stereocenters. The maximum Gasteiger partial charge on any atom is 0.149 e. The van der Waals surface area contributed by atoms with Gasteiger partial charge in [0, 0.05) is 5.56 Å². The van der Waals surface area contributed by atoms with Gasteiger partial charge in [0.15, 0.2) is 0 Å². The topological polar surface area (TPSA) is 0 Å². The van der Waals surface area contributed by atoms with Gasteiger partial charge in [0.25, 0.3) is 0 Å². The summed E-state index contributed by atoms with van der Waals surface area (Å²) in [6.45, 7) is 5.78. The summed E-state index contributed by atoms with van der Waals surface area (Å²) in [6, 6.07) is 3.81. The maximum atomic E-state index is 14.4. The maximum absolute atomic E-state index is 14.4. The Morgan fingerprint density at radius 1 is 1.13 bits per heavy atom. The third-order valence-corrected chi connectivity index (χ3v) is 6.35. The number of halogens is 2. The van der Waals surface area contributed by atoms with Crippen LogP contribution in [0, 0.1) is 30.5 Å². The Bertz CT molecular complexity index is 609. The Labute approximate surface area is 144 Å². The van der Waals surface area contributed by atoms with E-state index in [0.29, 0.717) is 5.56 Å². The Kier molecular flexibility index (Phi) is 5.26. The second-order valence-electron chi connectivity index (χ2n) is 7.23. The molecular formula is C21H26ClF. The van der Waals surface area contributed by atoms with Gasteiger partial charge in [0.1, 0.15) is 5.82 Å². The van der Waals surface area contributed by atoms with Crippen molar-refractivity contribution >= 4 is 17.2 Å². The van der Waals surface area contributed by atoms with Crippen molar-refractivity contribution in [2.45, 2.75) is 51.9 Å². The minimum Gasteiger partial charge on any atom is -0.205 e. The number of aryl methyl sites for hydroxylation is 1. The normalized spacial score (nSPS) is 28.3. The van der Waals surface area contributed by atoms with Gasteiger partial charge in [-0.05, 0) is 80.8 Å². The molecule has 0 nitrogen and oxygen atoms in total. The lowest BCUT2D eigenvalue weighted by Crippen LogP contribution is -2.22. The summed E-state index contributed by atoms with van der Waals surface area (Å²) in [5, 5.41) is 0.272. The fraction of sp³-hybridized carbons (Fsp3) is 0.524. The molecule has 124 valence electrons. The highest BCUT2D eigenvalue weighted by molar-refractivity contribution is 6.31. The van der Waals surface area contributed by atoms with E-state index in [2.05, 4.69) is 18.7 Å². The summed E-state index contributed by atoms with van der Waals surface area (Å²) in [4.78, 5) is 0. The summed E-state index contributed by atoms with van der Waals surface area (Å²) < 4.78 is 14.4. The molecule has 2 aliphatic carbocycles. The van der Waals surface area contributed by atoms with Crippen molar-refractivity contribution in [2.24, 2.45) is 17.8 Å². The van der Waals surface area contributed by atoms with Gasteiger partial charge in [-0.2, -0.15) is 0 Å². The highest BCUT2D eigenvalue weighted by atomic mass is 35.5. The number of allylic oxidation sites excluding steroid dienone is 3. The summed E-state index contributed by atoms with van der Waals surface area (Å²) >= 11 is 6.07. The molecule has 1 saturated carbocycles. The SMILES string of the molecule is C=CC1CCC(C2CC=C(c3ccc(C)c(Cl)c3F)CC2)CC1. The van der Waals surface area contributed by atoms with Gasteiger partial charge in [-0.3, -0.25) is 0 Å². The highest BCUT2D eigenvalue weighted by Crippen LogP contribution is 2.42. The molecule has 0 N–H and O–H groups in total. The number of rotatable bonds is 3. The van der Waals surface area contributed by atoms with E-state index in [4.69, 9.17) is 11.6 Å². The molecule has 0 aromatic heterocycles. The highest BCUT2D eigenvalue weighted by Gasteiger charge is 2.28. The second-order valence-corrected chi connectivity index (χ2v) is 7.61. The van der Waals surface area contributed by atoms with Crippen LogP contribution in [0.1, 0.15) is 56.1 Å². The van der Waals surface area contributed by atoms with Crippen LogP contribution in [0.4, 0.5) is 4.39 Å². The average molecular weight is 333 g/mol. The summed E-state index contributed by atoms with van der Waals surface area (Å²) in [5.41, 5.74) is 2.65. The first-order valence-corrected chi connectivity index (χ1v) is 9.24. The van der Waals surface area contributed by atoms with Gasteiger partial charge >= 0.3 is 0 Å². The van der Waals surface area contributed by atoms with Crippen LogP contribution in [0.25, 0.3) is 5.57 Å². The molecule has 3 rings (SSSR count). The number of hydrogen-bond donors (Lipinski definition) is 0. The molecule has 0 heterocycles. The van der Waals surface area contributed by atoms with E-state index in [1.165, 1.54) is 32.1 Å². The molecule has 23 heavy (non-hydrogen) atoms. The van der Waals surface area contributed by atoms with E-state index in [9.17, 15) is 4.39 Å². The van der Waals surface area contributed by atoms with Crippen LogP contribution in [-0.2, 0) is 0 Å². The van der Waals surface area contributed by atoms with E-state index in [1.807, 2.05) is 19.1 Å². The molecule has 0 radical (unpaired) electrons. The molecule has 0 bridgehead atoms. The number of hydrogen-bond acceptors (Lipinski definition) is 0. The van der Waals surface area contributed by atoms with Gasteiger partial charge in [0.05, 0.1) is 5.02 Å². The zero-order valence-corrected chi connectivity index (χ0v) is 14.7. The molecule has 1 fully saturated rings. The minimum atomic E-state index is -0.247. The Balaban J connectivity index is 1.67. The molecule has 1 aromatic rings. The molecule has 0 spiro atoms. The molecule has 0 aliphatic heterocycles. The smallest absolute Gasteiger partial charge is 0.149 e. The van der Waals surface area contributed by atoms with Gasteiger partial charge < -0.3 is 0 Å². The third-order valence-electron chi connectivity index (χ3n) is 5.89. The molecule has 1 aromatic carbocycles. The van der Waals surface area contributed by atoms with Crippen molar-refractivity contribution in [2.75, 3.05) is 0 Å². The Morgan fingerprint density at radius 2 is 1.87 bits per heavy atom. The fourth-order valence-electron chi connectivity index (χ4n) is 4.27. The Hall–Kier alpha value is -1.08. The van der Waals surface area contributed by atoms with Gasteiger partial charge in [0.2, 0.25) is 0 Å². The van der Waals surface area contributed by atoms with E-state index >= 15 is 0 Å². The molecule has 1 unspecified atom stereocenters. The zero-order chi connectivity index (χ0) is 16.4. The largest absolute Gasteiger partial charge is 0.205 e. The minimum absolute atomic E-state index is 0.247. The summed E-state index contributed by atoms with van der Waals surface area (Å²) in [7, 11) is 0. The first-order chi connectivity index (χ1) is 11.1. The molecule has 0 saturated heterocycles. The standard InChI is InChI=1S/C21H26ClF/c1-3-15-5-7-16(8-6-15)17-9-11-18(12-10-17)19-13-4-14(2)20(22)21(19)23/h3-4,11,13,15-17H,1,5-10,12H2,2H3. The van der Waals surface area contributed by atoms with E-state index in [1.54, 1.807) is 0 Å². The zero-order valence-electron chi connectivity index (χ0n) is 14.0. The monoisotopic (exact) mass is 332 g/mol. The molecule has 2 aliphatic rings. The fourth-order valence-corrected chi connectivity index (χ4v) is 4.44. The predicted molar refractivity (Wildman–Crippen MR) is 97.1 cm³/mol. The van der Waals surface area contributed by atoms with Crippen molar-refractivity contribution in [1.29, 1.82) is 0 Å². The van der Waals surface area contributed by atoms with Crippen molar-refractivity contribution in [3.05, 3.63) is 52.8 Å². The van der Waals surface area contributed by atoms with E-state index in [0.717, 1.165) is 41.7 Å². The van der Waals surface area contributed by atoms with Crippen molar-refractivity contribution < 1.29 is 4.39 Å². The number of benzene rings is 1. The van der Waals surface area contributed by atoms with Crippen molar-refractivity contribution in [3.63, 3.8) is 0 Å². The van der Waals surface area contributed by atoms with Crippen LogP contribution in [0.5, 0.6) is 0 Å². The van der Waals surface area contributed by atoms with Gasteiger partial charge in [-0.25, -0.2) is 4.39 Å². The third kappa shape index (κ3) is 3.55. The molecule has 0 amide bonds. The first-order valence-electron chi connectivity index (χ1n) is 8.86. The van der Waals surface area contributed by atoms with Crippen LogP contribution in [0.3, 0.4) is 0 Å². The first kappa shape index (κ1) is 16.8. The second kappa shape index (κ2) is 7.21. The van der Waals surface area contributed by atoms with Crippen LogP contribution >= 0.6 is 11.6 Å². The van der Waals surface area contributed by atoms with E-state index in [-0.39, 0.29) is 10.8 Å². The predicted octanol–water partition coefficient (Wildman–Crippen LogP) is 6.96. The molecular weight excluding hydrogens is 307 g/mol. The summed E-state index contributed by atoms with van der Waals surface area (Å²) in [5.74, 6) is 2.09. The lowest BCUT2D eigenvalue weighted by atomic mass is 9.71.